The molecule has 1 aromatic carbocycles. The normalized spacial score (nSPS) is 17.1. The van der Waals surface area contributed by atoms with Gasteiger partial charge in [0.15, 0.2) is 0 Å². The van der Waals surface area contributed by atoms with Crippen molar-refractivity contribution in [1.82, 2.24) is 4.90 Å². The number of benzene rings is 1. The minimum atomic E-state index is 0.672. The Morgan fingerprint density at radius 2 is 1.94 bits per heavy atom. The van der Waals surface area contributed by atoms with Crippen LogP contribution < -0.4 is 5.32 Å². The van der Waals surface area contributed by atoms with Gasteiger partial charge in [0.05, 0.1) is 0 Å². The van der Waals surface area contributed by atoms with Crippen LogP contribution in [-0.2, 0) is 4.74 Å². The zero-order chi connectivity index (χ0) is 12.8. The molecule has 4 heteroatoms. The van der Waals surface area contributed by atoms with Crippen LogP contribution in [0.15, 0.2) is 24.3 Å². The van der Waals surface area contributed by atoms with E-state index in [2.05, 4.69) is 17.3 Å². The highest BCUT2D eigenvalue weighted by molar-refractivity contribution is 6.30. The van der Waals surface area contributed by atoms with Crippen LogP contribution in [0.4, 0.5) is 5.69 Å². The number of rotatable bonds is 5. The fourth-order valence-corrected chi connectivity index (χ4v) is 2.38. The molecule has 18 heavy (non-hydrogen) atoms. The summed E-state index contributed by atoms with van der Waals surface area (Å²) in [5, 5.41) is 4.19. The van der Waals surface area contributed by atoms with Gasteiger partial charge >= 0.3 is 0 Å². The van der Waals surface area contributed by atoms with Crippen molar-refractivity contribution in [2.45, 2.75) is 18.9 Å². The van der Waals surface area contributed by atoms with Crippen molar-refractivity contribution in [2.24, 2.45) is 0 Å². The van der Waals surface area contributed by atoms with E-state index in [1.165, 1.54) is 0 Å². The average Bonchev–Trinajstić information content (AvgIpc) is 2.42. The summed E-state index contributed by atoms with van der Waals surface area (Å²) in [6, 6.07) is 8.51. The fraction of sp³-hybridized carbons (Fsp3) is 0.571. The molecule has 1 fully saturated rings. The summed E-state index contributed by atoms with van der Waals surface area (Å²) in [5.74, 6) is 0. The van der Waals surface area contributed by atoms with Crippen LogP contribution in [0.5, 0.6) is 0 Å². The summed E-state index contributed by atoms with van der Waals surface area (Å²) in [7, 11) is 2.19. The molecule has 1 aliphatic rings. The predicted octanol–water partition coefficient (Wildman–Crippen LogP) is 2.86. The smallest absolute Gasteiger partial charge is 0.0480 e. The maximum absolute atomic E-state index is 5.85. The largest absolute Gasteiger partial charge is 0.384 e. The van der Waals surface area contributed by atoms with Crippen LogP contribution in [0.2, 0.25) is 5.02 Å². The molecular formula is C14H21ClN2O. The SMILES string of the molecule is CN(CCNc1ccc(Cl)cc1)C1CCOCC1. The predicted molar refractivity (Wildman–Crippen MR) is 76.4 cm³/mol. The highest BCUT2D eigenvalue weighted by Crippen LogP contribution is 2.14. The number of hydrogen-bond donors (Lipinski definition) is 1. The van der Waals surface area contributed by atoms with Gasteiger partial charge in [-0.2, -0.15) is 0 Å². The van der Waals surface area contributed by atoms with Crippen LogP contribution in [0, 0.1) is 0 Å². The molecule has 1 aromatic rings. The summed E-state index contributed by atoms with van der Waals surface area (Å²) in [6.45, 7) is 3.81. The van der Waals surface area contributed by atoms with Crippen molar-refractivity contribution in [3.63, 3.8) is 0 Å². The Kier molecular flexibility index (Phi) is 5.29. The summed E-state index contributed by atoms with van der Waals surface area (Å²) < 4.78 is 5.38. The van der Waals surface area contributed by atoms with Crippen LogP contribution in [0.3, 0.4) is 0 Å². The molecule has 1 N–H and O–H groups in total. The molecule has 0 atom stereocenters. The van der Waals surface area contributed by atoms with E-state index in [4.69, 9.17) is 16.3 Å². The van der Waals surface area contributed by atoms with E-state index in [0.29, 0.717) is 6.04 Å². The second kappa shape index (κ2) is 6.98. The Balaban J connectivity index is 1.69. The highest BCUT2D eigenvalue weighted by Gasteiger charge is 2.17. The van der Waals surface area contributed by atoms with Gasteiger partial charge < -0.3 is 15.0 Å². The number of nitrogens with one attached hydrogen (secondary N) is 1. The van der Waals surface area contributed by atoms with Crippen molar-refractivity contribution >= 4 is 17.3 Å². The van der Waals surface area contributed by atoms with Gasteiger partial charge in [-0.25, -0.2) is 0 Å². The zero-order valence-electron chi connectivity index (χ0n) is 10.9. The van der Waals surface area contributed by atoms with Gasteiger partial charge in [0.1, 0.15) is 0 Å². The van der Waals surface area contributed by atoms with Crippen LogP contribution in [0.25, 0.3) is 0 Å². The topological polar surface area (TPSA) is 24.5 Å². The maximum Gasteiger partial charge on any atom is 0.0480 e. The van der Waals surface area contributed by atoms with E-state index in [9.17, 15) is 0 Å². The molecule has 0 bridgehead atoms. The van der Waals surface area contributed by atoms with Crippen molar-refractivity contribution < 1.29 is 4.74 Å². The van der Waals surface area contributed by atoms with E-state index >= 15 is 0 Å². The summed E-state index contributed by atoms with van der Waals surface area (Å²) >= 11 is 5.85. The quantitative estimate of drug-likeness (QED) is 0.889. The molecule has 0 radical (unpaired) electrons. The van der Waals surface area contributed by atoms with E-state index in [1.54, 1.807) is 0 Å². The first-order valence-corrected chi connectivity index (χ1v) is 6.91. The Hall–Kier alpha value is -0.770. The first kappa shape index (κ1) is 13.7. The Morgan fingerprint density at radius 3 is 2.61 bits per heavy atom. The Bertz CT molecular complexity index is 349. The molecule has 3 nitrogen and oxygen atoms in total. The first-order chi connectivity index (χ1) is 8.75. The monoisotopic (exact) mass is 268 g/mol. The van der Waals surface area contributed by atoms with E-state index in [-0.39, 0.29) is 0 Å². The van der Waals surface area contributed by atoms with Gasteiger partial charge in [0, 0.05) is 43.1 Å². The van der Waals surface area contributed by atoms with E-state index < -0.39 is 0 Å². The molecule has 0 spiro atoms. The molecule has 1 saturated heterocycles. The minimum absolute atomic E-state index is 0.672. The number of nitrogens with zero attached hydrogens (tertiary/aromatic N) is 1. The molecular weight excluding hydrogens is 248 g/mol. The van der Waals surface area contributed by atoms with Gasteiger partial charge in [-0.1, -0.05) is 11.6 Å². The van der Waals surface area contributed by atoms with Crippen molar-refractivity contribution in [3.05, 3.63) is 29.3 Å². The van der Waals surface area contributed by atoms with Gasteiger partial charge in [0.25, 0.3) is 0 Å². The van der Waals surface area contributed by atoms with Crippen molar-refractivity contribution in [1.29, 1.82) is 0 Å². The molecule has 1 aliphatic heterocycles. The molecule has 100 valence electrons. The molecule has 0 aliphatic carbocycles. The lowest BCUT2D eigenvalue weighted by Gasteiger charge is -2.31. The van der Waals surface area contributed by atoms with Crippen molar-refractivity contribution in [2.75, 3.05) is 38.7 Å². The van der Waals surface area contributed by atoms with Gasteiger partial charge in [-0.15, -0.1) is 0 Å². The summed E-state index contributed by atoms with van der Waals surface area (Å²) in [5.41, 5.74) is 1.12. The van der Waals surface area contributed by atoms with Crippen LogP contribution in [0.1, 0.15) is 12.8 Å². The summed E-state index contributed by atoms with van der Waals surface area (Å²) in [4.78, 5) is 2.42. The third-order valence-corrected chi connectivity index (χ3v) is 3.70. The third kappa shape index (κ3) is 4.16. The molecule has 1 heterocycles. The average molecular weight is 269 g/mol. The third-order valence-electron chi connectivity index (χ3n) is 3.45. The summed E-state index contributed by atoms with van der Waals surface area (Å²) in [6.07, 6.45) is 2.30. The van der Waals surface area contributed by atoms with Gasteiger partial charge in [-0.3, -0.25) is 0 Å². The highest BCUT2D eigenvalue weighted by atomic mass is 35.5. The van der Waals surface area contributed by atoms with E-state index in [0.717, 1.165) is 49.9 Å². The lowest BCUT2D eigenvalue weighted by atomic mass is 10.1. The van der Waals surface area contributed by atoms with Crippen LogP contribution in [-0.4, -0.2) is 44.3 Å². The molecule has 0 amide bonds. The molecule has 0 aromatic heterocycles. The maximum atomic E-state index is 5.85. The van der Waals surface area contributed by atoms with Crippen molar-refractivity contribution in [3.8, 4) is 0 Å². The molecule has 0 unspecified atom stereocenters. The number of hydrogen-bond acceptors (Lipinski definition) is 3. The lowest BCUT2D eigenvalue weighted by Crippen LogP contribution is -2.39. The second-order valence-electron chi connectivity index (χ2n) is 4.76. The van der Waals surface area contributed by atoms with E-state index in [1.807, 2.05) is 24.3 Å². The number of halogens is 1. The second-order valence-corrected chi connectivity index (χ2v) is 5.19. The van der Waals surface area contributed by atoms with Gasteiger partial charge in [0.2, 0.25) is 0 Å². The number of anilines is 1. The van der Waals surface area contributed by atoms with Crippen LogP contribution >= 0.6 is 11.6 Å². The Labute approximate surface area is 114 Å². The lowest BCUT2D eigenvalue weighted by molar-refractivity contribution is 0.0443. The Morgan fingerprint density at radius 1 is 1.28 bits per heavy atom. The fourth-order valence-electron chi connectivity index (χ4n) is 2.25. The zero-order valence-corrected chi connectivity index (χ0v) is 11.6. The molecule has 0 saturated carbocycles. The standard InChI is InChI=1S/C14H21ClN2O/c1-17(14-6-10-18-11-7-14)9-8-16-13-4-2-12(15)3-5-13/h2-5,14,16H,6-11H2,1H3. The first-order valence-electron chi connectivity index (χ1n) is 6.53. The number of ether oxygens (including phenoxy) is 1. The minimum Gasteiger partial charge on any atom is -0.384 e. The number of likely N-dealkylation sites (N-methyl/N-ethyl adjacent to an activating group) is 1. The molecule has 2 rings (SSSR count). The van der Waals surface area contributed by atoms with Gasteiger partial charge in [-0.05, 0) is 44.2 Å².